The maximum absolute atomic E-state index is 12.9. The molecule has 140 valence electrons. The van der Waals surface area contributed by atoms with Crippen LogP contribution in [0.1, 0.15) is 31.4 Å². The highest BCUT2D eigenvalue weighted by atomic mass is 16.5. The second-order valence-corrected chi connectivity index (χ2v) is 6.82. The molecule has 0 aliphatic carbocycles. The van der Waals surface area contributed by atoms with Crippen molar-refractivity contribution in [3.63, 3.8) is 0 Å². The molecule has 2 saturated heterocycles. The summed E-state index contributed by atoms with van der Waals surface area (Å²) in [6.07, 6.45) is 1.06. The smallest absolute Gasteiger partial charge is 0.326 e. The Hall–Kier alpha value is -2.41. The number of ether oxygens (including phenoxy) is 2. The van der Waals surface area contributed by atoms with Gasteiger partial charge in [0.25, 0.3) is 0 Å². The molecule has 2 heterocycles. The van der Waals surface area contributed by atoms with Gasteiger partial charge >= 0.3 is 5.97 Å². The van der Waals surface area contributed by atoms with Crippen LogP contribution in [-0.4, -0.2) is 49.5 Å². The topological polar surface area (TPSA) is 84.9 Å². The summed E-state index contributed by atoms with van der Waals surface area (Å²) in [6.45, 7) is 1.93. The number of benzene rings is 1. The lowest BCUT2D eigenvalue weighted by Crippen LogP contribution is -2.56. The zero-order valence-electron chi connectivity index (χ0n) is 15.4. The molecular formula is C19H24N2O5. The number of nitrogens with one attached hydrogen (secondary N) is 1. The quantitative estimate of drug-likeness (QED) is 0.629. The lowest BCUT2D eigenvalue weighted by atomic mass is 9.77. The van der Waals surface area contributed by atoms with Crippen molar-refractivity contribution >= 4 is 17.8 Å². The van der Waals surface area contributed by atoms with E-state index in [0.29, 0.717) is 18.6 Å². The predicted molar refractivity (Wildman–Crippen MR) is 93.3 cm³/mol. The van der Waals surface area contributed by atoms with E-state index in [-0.39, 0.29) is 11.8 Å². The highest BCUT2D eigenvalue weighted by Gasteiger charge is 2.68. The molecule has 0 saturated carbocycles. The van der Waals surface area contributed by atoms with Crippen molar-refractivity contribution < 1.29 is 23.9 Å². The second kappa shape index (κ2) is 6.72. The average molecular weight is 360 g/mol. The maximum Gasteiger partial charge on any atom is 0.326 e. The molecule has 2 fully saturated rings. The first-order chi connectivity index (χ1) is 12.4. The third kappa shape index (κ3) is 2.41. The number of carbonyl (C=O) groups excluding carboxylic acids is 3. The first kappa shape index (κ1) is 18.4. The number of fused-ring (bicyclic) bond motifs is 1. The largest absolute Gasteiger partial charge is 0.496 e. The van der Waals surface area contributed by atoms with Gasteiger partial charge in [0.2, 0.25) is 11.8 Å². The first-order valence-electron chi connectivity index (χ1n) is 8.73. The van der Waals surface area contributed by atoms with E-state index in [9.17, 15) is 14.4 Å². The SMILES string of the molecule is CCC[C@@]1(C(=O)OC)N[C@@H](c2ccccc2OC)[C@H]2C(=O)N(C)C(=O)[C@@H]21. The van der Waals surface area contributed by atoms with Crippen LogP contribution in [0.25, 0.3) is 0 Å². The van der Waals surface area contributed by atoms with Crippen LogP contribution in [0, 0.1) is 11.8 Å². The Morgan fingerprint density at radius 1 is 1.23 bits per heavy atom. The summed E-state index contributed by atoms with van der Waals surface area (Å²) < 4.78 is 10.5. The molecule has 3 rings (SSSR count). The van der Waals surface area contributed by atoms with Crippen molar-refractivity contribution in [2.45, 2.75) is 31.3 Å². The number of para-hydroxylation sites is 1. The first-order valence-corrected chi connectivity index (χ1v) is 8.73. The number of hydrogen-bond acceptors (Lipinski definition) is 6. The fourth-order valence-electron chi connectivity index (χ4n) is 4.43. The Kier molecular flexibility index (Phi) is 4.75. The van der Waals surface area contributed by atoms with Crippen LogP contribution in [0.5, 0.6) is 5.75 Å². The van der Waals surface area contributed by atoms with Gasteiger partial charge in [0.1, 0.15) is 11.3 Å². The van der Waals surface area contributed by atoms with Gasteiger partial charge in [0, 0.05) is 18.7 Å². The maximum atomic E-state index is 12.9. The van der Waals surface area contributed by atoms with Gasteiger partial charge in [0.05, 0.1) is 26.1 Å². The van der Waals surface area contributed by atoms with Gasteiger partial charge in [0.15, 0.2) is 0 Å². The third-order valence-electron chi connectivity index (χ3n) is 5.54. The number of methoxy groups -OCH3 is 2. The van der Waals surface area contributed by atoms with Gasteiger partial charge in [-0.1, -0.05) is 31.5 Å². The Bertz CT molecular complexity index is 749. The summed E-state index contributed by atoms with van der Waals surface area (Å²) in [7, 11) is 4.33. The third-order valence-corrected chi connectivity index (χ3v) is 5.54. The number of hydrogen-bond donors (Lipinski definition) is 1. The van der Waals surface area contributed by atoms with Gasteiger partial charge in [-0.25, -0.2) is 0 Å². The monoisotopic (exact) mass is 360 g/mol. The van der Waals surface area contributed by atoms with Crippen LogP contribution >= 0.6 is 0 Å². The van der Waals surface area contributed by atoms with Crippen molar-refractivity contribution in [3.05, 3.63) is 29.8 Å². The summed E-state index contributed by atoms with van der Waals surface area (Å²) in [5, 5.41) is 3.31. The highest BCUT2D eigenvalue weighted by molar-refractivity contribution is 6.09. The second-order valence-electron chi connectivity index (χ2n) is 6.82. The van der Waals surface area contributed by atoms with Crippen LogP contribution in [-0.2, 0) is 19.1 Å². The molecule has 2 amide bonds. The van der Waals surface area contributed by atoms with Crippen molar-refractivity contribution in [3.8, 4) is 5.75 Å². The van der Waals surface area contributed by atoms with Crippen molar-refractivity contribution in [2.24, 2.45) is 11.8 Å². The number of rotatable bonds is 5. The molecule has 4 atom stereocenters. The molecule has 1 aromatic carbocycles. The van der Waals surface area contributed by atoms with Gasteiger partial charge in [-0.15, -0.1) is 0 Å². The molecule has 2 aliphatic heterocycles. The van der Waals surface area contributed by atoms with E-state index >= 15 is 0 Å². The van der Waals surface area contributed by atoms with Crippen molar-refractivity contribution in [1.29, 1.82) is 0 Å². The number of nitrogens with zero attached hydrogens (tertiary/aromatic N) is 1. The lowest BCUT2D eigenvalue weighted by Gasteiger charge is -2.32. The van der Waals surface area contributed by atoms with Crippen LogP contribution < -0.4 is 10.1 Å². The summed E-state index contributed by atoms with van der Waals surface area (Å²) in [6, 6.07) is 6.82. The van der Waals surface area contributed by atoms with Crippen LogP contribution in [0.2, 0.25) is 0 Å². The number of esters is 1. The van der Waals surface area contributed by atoms with E-state index in [2.05, 4.69) is 5.32 Å². The molecular weight excluding hydrogens is 336 g/mol. The minimum atomic E-state index is -1.23. The zero-order chi connectivity index (χ0) is 19.1. The van der Waals surface area contributed by atoms with Crippen LogP contribution in [0.15, 0.2) is 24.3 Å². The Morgan fingerprint density at radius 3 is 2.54 bits per heavy atom. The Balaban J connectivity index is 2.17. The molecule has 0 radical (unpaired) electrons. The van der Waals surface area contributed by atoms with Gasteiger partial charge in [-0.05, 0) is 12.5 Å². The molecule has 1 N–H and O–H groups in total. The summed E-state index contributed by atoms with van der Waals surface area (Å²) in [5.74, 6) is -2.00. The molecule has 26 heavy (non-hydrogen) atoms. The fraction of sp³-hybridized carbons (Fsp3) is 0.526. The molecule has 0 aromatic heterocycles. The summed E-state index contributed by atoms with van der Waals surface area (Å²) >= 11 is 0. The van der Waals surface area contributed by atoms with E-state index in [4.69, 9.17) is 9.47 Å². The van der Waals surface area contributed by atoms with E-state index < -0.39 is 29.4 Å². The fourth-order valence-corrected chi connectivity index (χ4v) is 4.43. The average Bonchev–Trinajstić information content (AvgIpc) is 3.11. The highest BCUT2D eigenvalue weighted by Crippen LogP contribution is 2.51. The molecule has 7 nitrogen and oxygen atoms in total. The van der Waals surface area contributed by atoms with Gasteiger partial charge in [-0.2, -0.15) is 0 Å². The minimum absolute atomic E-state index is 0.287. The van der Waals surface area contributed by atoms with Gasteiger partial charge < -0.3 is 9.47 Å². The Labute approximate surface area is 152 Å². The predicted octanol–water partition coefficient (Wildman–Crippen LogP) is 1.28. The molecule has 0 bridgehead atoms. The van der Waals surface area contributed by atoms with Gasteiger partial charge in [-0.3, -0.25) is 24.6 Å². The molecule has 0 spiro atoms. The molecule has 0 unspecified atom stereocenters. The minimum Gasteiger partial charge on any atom is -0.496 e. The molecule has 7 heteroatoms. The van der Waals surface area contributed by atoms with Crippen LogP contribution in [0.4, 0.5) is 0 Å². The van der Waals surface area contributed by atoms with Crippen molar-refractivity contribution in [2.75, 3.05) is 21.3 Å². The molecule has 1 aromatic rings. The number of likely N-dealkylation sites (tertiary alicyclic amines) is 1. The van der Waals surface area contributed by atoms with E-state index in [1.165, 1.54) is 14.2 Å². The van der Waals surface area contributed by atoms with Crippen LogP contribution in [0.3, 0.4) is 0 Å². The Morgan fingerprint density at radius 2 is 1.92 bits per heavy atom. The number of imide groups is 1. The lowest BCUT2D eigenvalue weighted by molar-refractivity contribution is -0.154. The number of amides is 2. The number of carbonyl (C=O) groups is 3. The van der Waals surface area contributed by atoms with E-state index in [1.54, 1.807) is 13.2 Å². The van der Waals surface area contributed by atoms with E-state index in [0.717, 1.165) is 10.5 Å². The summed E-state index contributed by atoms with van der Waals surface area (Å²) in [5.41, 5.74) is -0.472. The standard InChI is InChI=1S/C19H24N2O5/c1-5-10-19(18(24)26-4)14-13(16(22)21(2)17(14)23)15(20-19)11-8-6-7-9-12(11)25-3/h6-9,13-15,20H,5,10H2,1-4H3/t13-,14+,15-,19+/m0/s1. The normalized spacial score (nSPS) is 30.5. The van der Waals surface area contributed by atoms with E-state index in [1.807, 2.05) is 25.1 Å². The molecule has 2 aliphatic rings. The van der Waals surface area contributed by atoms with Crippen molar-refractivity contribution in [1.82, 2.24) is 10.2 Å². The zero-order valence-corrected chi connectivity index (χ0v) is 15.4. The summed E-state index contributed by atoms with van der Waals surface area (Å²) in [4.78, 5) is 39.6.